The van der Waals surface area contributed by atoms with E-state index in [1.165, 1.54) is 13.1 Å². The third kappa shape index (κ3) is 4.59. The molecule has 0 bridgehead atoms. The highest BCUT2D eigenvalue weighted by atomic mass is 16.5. The number of phenolic OH excluding ortho intramolecular Hbond substituents is 1. The lowest BCUT2D eigenvalue weighted by molar-refractivity contribution is -0.131. The molecule has 0 atom stereocenters. The van der Waals surface area contributed by atoms with Crippen LogP contribution in [0, 0.1) is 0 Å². The highest BCUT2D eigenvalue weighted by Crippen LogP contribution is 2.28. The maximum atomic E-state index is 12.4. The van der Waals surface area contributed by atoms with Crippen LogP contribution in [0.15, 0.2) is 71.8 Å². The number of hydrazone groups is 1. The largest absolute Gasteiger partial charge is 0.507 e. The third-order valence-electron chi connectivity index (χ3n) is 4.42. The number of hydrogen-bond donors (Lipinski definition) is 3. The molecule has 0 saturated carbocycles. The first-order valence-corrected chi connectivity index (χ1v) is 9.39. The molecule has 154 valence electrons. The second-order valence-corrected chi connectivity index (χ2v) is 6.70. The number of H-pyrrole nitrogens is 1. The highest BCUT2D eigenvalue weighted by Gasteiger charge is 2.11. The number of para-hydroxylation sites is 1. The number of fused-ring (bicyclic) bond motifs is 1. The van der Waals surface area contributed by atoms with Gasteiger partial charge in [-0.2, -0.15) is 5.10 Å². The molecule has 0 aliphatic carbocycles. The maximum absolute atomic E-state index is 12.4. The summed E-state index contributed by atoms with van der Waals surface area (Å²) in [5, 5.41) is 14.0. The molecule has 31 heavy (non-hydrogen) atoms. The van der Waals surface area contributed by atoms with Gasteiger partial charge in [0.25, 0.3) is 5.91 Å². The summed E-state index contributed by atoms with van der Waals surface area (Å²) in [6.45, 7) is 1.33. The van der Waals surface area contributed by atoms with Gasteiger partial charge in [-0.15, -0.1) is 0 Å². The van der Waals surface area contributed by atoms with Crippen molar-refractivity contribution in [1.82, 2.24) is 15.4 Å². The summed E-state index contributed by atoms with van der Waals surface area (Å²) in [6.07, 6.45) is 1.49. The van der Waals surface area contributed by atoms with Crippen molar-refractivity contribution < 1.29 is 19.4 Å². The predicted octanol–water partition coefficient (Wildman–Crippen LogP) is 3.62. The first-order valence-electron chi connectivity index (χ1n) is 9.39. The van der Waals surface area contributed by atoms with Crippen LogP contribution in [0.2, 0.25) is 0 Å². The molecule has 4 rings (SSSR count). The molecule has 1 amide bonds. The number of imidazole rings is 1. The van der Waals surface area contributed by atoms with Crippen molar-refractivity contribution in [2.24, 2.45) is 5.10 Å². The van der Waals surface area contributed by atoms with Gasteiger partial charge in [-0.1, -0.05) is 12.1 Å². The Hall–Kier alpha value is -4.46. The van der Waals surface area contributed by atoms with Gasteiger partial charge >= 0.3 is 5.97 Å². The van der Waals surface area contributed by atoms with Crippen LogP contribution in [0.4, 0.5) is 0 Å². The van der Waals surface area contributed by atoms with Gasteiger partial charge in [0.15, 0.2) is 0 Å². The van der Waals surface area contributed by atoms with Crippen LogP contribution in [0.3, 0.4) is 0 Å². The molecule has 1 aromatic heterocycles. The van der Waals surface area contributed by atoms with Gasteiger partial charge in [0.05, 0.1) is 22.8 Å². The smallest absolute Gasteiger partial charge is 0.308 e. The van der Waals surface area contributed by atoms with Gasteiger partial charge in [0.1, 0.15) is 17.3 Å². The fourth-order valence-corrected chi connectivity index (χ4v) is 2.97. The Balaban J connectivity index is 1.46. The van der Waals surface area contributed by atoms with E-state index in [0.29, 0.717) is 33.7 Å². The average Bonchev–Trinajstić information content (AvgIpc) is 3.18. The molecule has 0 spiro atoms. The summed E-state index contributed by atoms with van der Waals surface area (Å²) in [7, 11) is 0. The minimum atomic E-state index is -0.393. The minimum absolute atomic E-state index is 0.120. The second kappa shape index (κ2) is 8.50. The molecule has 0 unspecified atom stereocenters. The number of phenols is 1. The van der Waals surface area contributed by atoms with Crippen LogP contribution in [-0.2, 0) is 4.79 Å². The van der Waals surface area contributed by atoms with E-state index in [1.54, 1.807) is 60.7 Å². The molecule has 1 heterocycles. The Morgan fingerprint density at radius 2 is 1.87 bits per heavy atom. The molecule has 8 heteroatoms. The molecule has 0 aliphatic heterocycles. The fourth-order valence-electron chi connectivity index (χ4n) is 2.97. The SMILES string of the molecule is CC(=O)Oc1ccc(/C=N/NC(=O)c2ccc3nc(-c4ccccc4O)[nH]c3c2)cc1. The van der Waals surface area contributed by atoms with Crippen molar-refractivity contribution in [3.05, 3.63) is 77.9 Å². The van der Waals surface area contributed by atoms with Crippen LogP contribution < -0.4 is 10.2 Å². The lowest BCUT2D eigenvalue weighted by Gasteiger charge is -2.01. The van der Waals surface area contributed by atoms with Gasteiger partial charge in [-0.05, 0) is 60.2 Å². The number of ether oxygens (including phenoxy) is 1. The Bertz CT molecular complexity index is 1290. The average molecular weight is 414 g/mol. The number of carbonyl (C=O) groups excluding carboxylic acids is 2. The minimum Gasteiger partial charge on any atom is -0.507 e. The number of amides is 1. The summed E-state index contributed by atoms with van der Waals surface area (Å²) in [5.74, 6) is 0.296. The van der Waals surface area contributed by atoms with Gasteiger partial charge in [0, 0.05) is 12.5 Å². The monoisotopic (exact) mass is 414 g/mol. The van der Waals surface area contributed by atoms with Crippen molar-refractivity contribution in [2.75, 3.05) is 0 Å². The van der Waals surface area contributed by atoms with Crippen molar-refractivity contribution >= 4 is 29.1 Å². The summed E-state index contributed by atoms with van der Waals surface area (Å²) >= 11 is 0. The zero-order valence-corrected chi connectivity index (χ0v) is 16.5. The molecule has 0 aliphatic rings. The van der Waals surface area contributed by atoms with E-state index in [-0.39, 0.29) is 11.7 Å². The van der Waals surface area contributed by atoms with E-state index in [0.717, 1.165) is 5.56 Å². The molecule has 8 nitrogen and oxygen atoms in total. The quantitative estimate of drug-likeness (QED) is 0.200. The number of hydrogen-bond acceptors (Lipinski definition) is 6. The van der Waals surface area contributed by atoms with Crippen LogP contribution in [0.25, 0.3) is 22.4 Å². The number of aromatic nitrogens is 2. The van der Waals surface area contributed by atoms with E-state index >= 15 is 0 Å². The topological polar surface area (TPSA) is 117 Å². The normalized spacial score (nSPS) is 11.0. The van der Waals surface area contributed by atoms with E-state index < -0.39 is 5.97 Å². The van der Waals surface area contributed by atoms with Gasteiger partial charge in [-0.25, -0.2) is 10.4 Å². The molecule has 0 saturated heterocycles. The van der Waals surface area contributed by atoms with Crippen LogP contribution in [0.1, 0.15) is 22.8 Å². The van der Waals surface area contributed by atoms with E-state index in [2.05, 4.69) is 20.5 Å². The number of esters is 1. The second-order valence-electron chi connectivity index (χ2n) is 6.70. The van der Waals surface area contributed by atoms with Crippen LogP contribution >= 0.6 is 0 Å². The molecule has 4 aromatic rings. The lowest BCUT2D eigenvalue weighted by Crippen LogP contribution is -2.17. The number of nitrogens with zero attached hydrogens (tertiary/aromatic N) is 2. The maximum Gasteiger partial charge on any atom is 0.308 e. The number of rotatable bonds is 5. The molecular formula is C23H18N4O4. The number of aromatic amines is 1. The summed E-state index contributed by atoms with van der Waals surface area (Å²) in [4.78, 5) is 31.0. The highest BCUT2D eigenvalue weighted by molar-refractivity contribution is 5.98. The number of nitrogens with one attached hydrogen (secondary N) is 2. The summed E-state index contributed by atoms with van der Waals surface area (Å²) in [6, 6.07) is 18.6. The third-order valence-corrected chi connectivity index (χ3v) is 4.42. The first kappa shape index (κ1) is 19.8. The Labute approximate surface area is 177 Å². The number of carbonyl (C=O) groups is 2. The van der Waals surface area contributed by atoms with E-state index in [9.17, 15) is 14.7 Å². The molecular weight excluding hydrogens is 396 g/mol. The summed E-state index contributed by atoms with van der Waals surface area (Å²) < 4.78 is 4.97. The van der Waals surface area contributed by atoms with E-state index in [4.69, 9.17) is 4.74 Å². The molecule has 3 aromatic carbocycles. The lowest BCUT2D eigenvalue weighted by atomic mass is 10.2. The molecule has 3 N–H and O–H groups in total. The zero-order chi connectivity index (χ0) is 21.8. The predicted molar refractivity (Wildman–Crippen MR) is 116 cm³/mol. The van der Waals surface area contributed by atoms with Gasteiger partial charge in [-0.3, -0.25) is 9.59 Å². The van der Waals surface area contributed by atoms with Crippen molar-refractivity contribution in [2.45, 2.75) is 6.92 Å². The Morgan fingerprint density at radius 3 is 2.61 bits per heavy atom. The van der Waals surface area contributed by atoms with Crippen molar-refractivity contribution in [3.8, 4) is 22.9 Å². The van der Waals surface area contributed by atoms with Crippen LogP contribution in [-0.4, -0.2) is 33.2 Å². The van der Waals surface area contributed by atoms with Crippen molar-refractivity contribution in [1.29, 1.82) is 0 Å². The summed E-state index contributed by atoms with van der Waals surface area (Å²) in [5.41, 5.74) is 5.52. The Kier molecular flexibility index (Phi) is 5.44. The van der Waals surface area contributed by atoms with E-state index in [1.807, 2.05) is 6.07 Å². The van der Waals surface area contributed by atoms with Crippen molar-refractivity contribution in [3.63, 3.8) is 0 Å². The number of aromatic hydroxyl groups is 1. The van der Waals surface area contributed by atoms with Gasteiger partial charge in [0.2, 0.25) is 0 Å². The van der Waals surface area contributed by atoms with Crippen LogP contribution in [0.5, 0.6) is 11.5 Å². The standard InChI is InChI=1S/C23H18N4O4/c1-14(28)31-17-9-6-15(7-10-17)13-24-27-23(30)16-8-11-19-20(12-16)26-22(25-19)18-4-2-3-5-21(18)29/h2-13,29H,1H3,(H,25,26)(H,27,30)/b24-13+. The molecule has 0 fully saturated rings. The van der Waals surface area contributed by atoms with Gasteiger partial charge < -0.3 is 14.8 Å². The fraction of sp³-hybridized carbons (Fsp3) is 0.0435. The molecule has 0 radical (unpaired) electrons. The number of benzene rings is 3. The Morgan fingerprint density at radius 1 is 1.10 bits per heavy atom. The zero-order valence-electron chi connectivity index (χ0n) is 16.5. The first-order chi connectivity index (χ1) is 15.0.